The van der Waals surface area contributed by atoms with Gasteiger partial charge in [0.1, 0.15) is 0 Å². The number of hydrazone groups is 1. The van der Waals surface area contributed by atoms with Crippen LogP contribution in [0, 0.1) is 0 Å². The van der Waals surface area contributed by atoms with Crippen LogP contribution in [0.15, 0.2) is 58.5 Å². The van der Waals surface area contributed by atoms with E-state index in [1.165, 1.54) is 18.7 Å². The van der Waals surface area contributed by atoms with Gasteiger partial charge in [0, 0.05) is 22.5 Å². The van der Waals surface area contributed by atoms with Crippen LogP contribution in [0.3, 0.4) is 0 Å². The summed E-state index contributed by atoms with van der Waals surface area (Å²) in [7, 11) is 0. The van der Waals surface area contributed by atoms with E-state index in [0.29, 0.717) is 16.4 Å². The number of benzene rings is 2. The highest BCUT2D eigenvalue weighted by Crippen LogP contribution is 2.24. The second kappa shape index (κ2) is 9.40. The molecule has 0 aromatic heterocycles. The van der Waals surface area contributed by atoms with Crippen molar-refractivity contribution in [2.75, 3.05) is 5.32 Å². The maximum Gasteiger partial charge on any atom is 0.253 e. The predicted octanol–water partition coefficient (Wildman–Crippen LogP) is 4.32. The molecule has 2 rings (SSSR count). The number of carbonyl (C=O) groups excluding carboxylic acids is 2. The summed E-state index contributed by atoms with van der Waals surface area (Å²) in [5.41, 5.74) is 4.73. The molecule has 0 aliphatic carbocycles. The average Bonchev–Trinajstić information content (AvgIpc) is 2.61. The molecule has 2 aromatic carbocycles. The van der Waals surface area contributed by atoms with E-state index in [0.717, 1.165) is 10.5 Å². The fraction of sp³-hybridized carbons (Fsp3) is 0.211. The van der Waals surface area contributed by atoms with Gasteiger partial charge in [0.2, 0.25) is 5.91 Å². The van der Waals surface area contributed by atoms with Gasteiger partial charge in [0.15, 0.2) is 0 Å². The van der Waals surface area contributed by atoms with Crippen molar-refractivity contribution >= 4 is 46.6 Å². The SMILES string of the molecule is CC(=O)Nc1cccc(C(C)=NNC(=O)C(C)Sc2ccc(Cl)cc2)c1. The van der Waals surface area contributed by atoms with E-state index >= 15 is 0 Å². The van der Waals surface area contributed by atoms with Crippen LogP contribution in [0.25, 0.3) is 0 Å². The van der Waals surface area contributed by atoms with Gasteiger partial charge in [-0.2, -0.15) is 5.10 Å². The van der Waals surface area contributed by atoms with Crippen LogP contribution in [-0.2, 0) is 9.59 Å². The number of hydrogen-bond donors (Lipinski definition) is 2. The minimum Gasteiger partial charge on any atom is -0.326 e. The van der Waals surface area contributed by atoms with Gasteiger partial charge in [-0.1, -0.05) is 23.7 Å². The molecule has 5 nitrogen and oxygen atoms in total. The Hall–Kier alpha value is -2.31. The monoisotopic (exact) mass is 389 g/mol. The molecule has 0 spiro atoms. The van der Waals surface area contributed by atoms with Crippen molar-refractivity contribution in [2.24, 2.45) is 5.10 Å². The molecular weight excluding hydrogens is 370 g/mol. The third kappa shape index (κ3) is 6.20. The molecular formula is C19H20ClN3O2S. The first-order valence-electron chi connectivity index (χ1n) is 7.99. The Morgan fingerprint density at radius 2 is 1.81 bits per heavy atom. The van der Waals surface area contributed by atoms with Crippen LogP contribution in [0.4, 0.5) is 5.69 Å². The highest BCUT2D eigenvalue weighted by atomic mass is 35.5. The molecule has 1 atom stereocenters. The van der Waals surface area contributed by atoms with E-state index in [2.05, 4.69) is 15.8 Å². The summed E-state index contributed by atoms with van der Waals surface area (Å²) in [5.74, 6) is -0.333. The van der Waals surface area contributed by atoms with Crippen molar-refractivity contribution in [1.82, 2.24) is 5.43 Å². The number of thioether (sulfide) groups is 1. The number of rotatable bonds is 6. The molecule has 0 saturated carbocycles. The number of hydrogen-bond acceptors (Lipinski definition) is 4. The van der Waals surface area contributed by atoms with E-state index in [1.54, 1.807) is 31.2 Å². The zero-order valence-corrected chi connectivity index (χ0v) is 16.3. The van der Waals surface area contributed by atoms with Crippen molar-refractivity contribution in [2.45, 2.75) is 30.9 Å². The lowest BCUT2D eigenvalue weighted by Gasteiger charge is -2.10. The first-order chi connectivity index (χ1) is 12.3. The summed E-state index contributed by atoms with van der Waals surface area (Å²) in [6, 6.07) is 14.6. The zero-order chi connectivity index (χ0) is 19.1. The normalized spacial score (nSPS) is 12.4. The number of carbonyl (C=O) groups is 2. The molecule has 2 amide bonds. The molecule has 0 aliphatic heterocycles. The summed E-state index contributed by atoms with van der Waals surface area (Å²) in [6.45, 7) is 5.06. The third-order valence-corrected chi connectivity index (χ3v) is 4.79. The first-order valence-corrected chi connectivity index (χ1v) is 9.25. The highest BCUT2D eigenvalue weighted by Gasteiger charge is 2.14. The van der Waals surface area contributed by atoms with E-state index in [9.17, 15) is 9.59 Å². The molecule has 1 unspecified atom stereocenters. The Morgan fingerprint density at radius 3 is 2.46 bits per heavy atom. The summed E-state index contributed by atoms with van der Waals surface area (Å²) in [5, 5.41) is 7.24. The number of halogens is 1. The standard InChI is InChI=1S/C19H20ClN3O2S/c1-12(15-5-4-6-17(11-15)21-14(3)24)22-23-19(25)13(2)26-18-9-7-16(20)8-10-18/h4-11,13H,1-3H3,(H,21,24)(H,23,25). The summed E-state index contributed by atoms with van der Waals surface area (Å²) >= 11 is 7.29. The van der Waals surface area contributed by atoms with Crippen LogP contribution in [0.5, 0.6) is 0 Å². The number of anilines is 1. The maximum atomic E-state index is 12.2. The molecule has 2 N–H and O–H groups in total. The fourth-order valence-electron chi connectivity index (χ4n) is 2.09. The van der Waals surface area contributed by atoms with Crippen LogP contribution in [0.2, 0.25) is 5.02 Å². The Bertz CT molecular complexity index is 822. The van der Waals surface area contributed by atoms with Gasteiger partial charge in [0.25, 0.3) is 5.91 Å². The molecule has 0 saturated heterocycles. The van der Waals surface area contributed by atoms with E-state index < -0.39 is 0 Å². The first kappa shape index (κ1) is 20.0. The molecule has 0 radical (unpaired) electrons. The van der Waals surface area contributed by atoms with Crippen molar-refractivity contribution in [3.05, 3.63) is 59.1 Å². The van der Waals surface area contributed by atoms with E-state index in [4.69, 9.17) is 11.6 Å². The summed E-state index contributed by atoms with van der Waals surface area (Å²) in [4.78, 5) is 24.3. The van der Waals surface area contributed by atoms with E-state index in [1.807, 2.05) is 31.2 Å². The summed E-state index contributed by atoms with van der Waals surface area (Å²) in [6.07, 6.45) is 0. The zero-order valence-electron chi connectivity index (χ0n) is 14.7. The van der Waals surface area contributed by atoms with Gasteiger partial charge in [-0.15, -0.1) is 11.8 Å². The topological polar surface area (TPSA) is 70.6 Å². The quantitative estimate of drug-likeness (QED) is 0.439. The maximum absolute atomic E-state index is 12.2. The van der Waals surface area contributed by atoms with E-state index in [-0.39, 0.29) is 17.1 Å². The van der Waals surface area contributed by atoms with Crippen LogP contribution in [-0.4, -0.2) is 22.8 Å². The number of amides is 2. The lowest BCUT2D eigenvalue weighted by Crippen LogP contribution is -2.27. The minimum atomic E-state index is -0.307. The van der Waals surface area contributed by atoms with Crippen molar-refractivity contribution in [3.63, 3.8) is 0 Å². The average molecular weight is 390 g/mol. The van der Waals surface area contributed by atoms with Crippen LogP contribution < -0.4 is 10.7 Å². The van der Waals surface area contributed by atoms with Gasteiger partial charge in [-0.05, 0) is 55.8 Å². The minimum absolute atomic E-state index is 0.141. The van der Waals surface area contributed by atoms with Crippen molar-refractivity contribution in [1.29, 1.82) is 0 Å². The van der Waals surface area contributed by atoms with Crippen LogP contribution >= 0.6 is 23.4 Å². The highest BCUT2D eigenvalue weighted by molar-refractivity contribution is 8.00. The second-order valence-electron chi connectivity index (χ2n) is 5.65. The number of nitrogens with one attached hydrogen (secondary N) is 2. The van der Waals surface area contributed by atoms with Gasteiger partial charge in [-0.3, -0.25) is 9.59 Å². The van der Waals surface area contributed by atoms with Crippen molar-refractivity contribution in [3.8, 4) is 0 Å². The van der Waals surface area contributed by atoms with Crippen molar-refractivity contribution < 1.29 is 9.59 Å². The molecule has 2 aromatic rings. The van der Waals surface area contributed by atoms with Gasteiger partial charge < -0.3 is 5.32 Å². The predicted molar refractivity (Wildman–Crippen MR) is 108 cm³/mol. The molecule has 0 fully saturated rings. The molecule has 0 heterocycles. The lowest BCUT2D eigenvalue weighted by molar-refractivity contribution is -0.120. The van der Waals surface area contributed by atoms with Crippen LogP contribution in [0.1, 0.15) is 26.3 Å². The Labute approximate surface area is 162 Å². The van der Waals surface area contributed by atoms with Gasteiger partial charge in [0.05, 0.1) is 11.0 Å². The van der Waals surface area contributed by atoms with Gasteiger partial charge >= 0.3 is 0 Å². The second-order valence-corrected chi connectivity index (χ2v) is 7.50. The Balaban J connectivity index is 1.97. The smallest absolute Gasteiger partial charge is 0.253 e. The third-order valence-electron chi connectivity index (χ3n) is 3.43. The Kier molecular flexibility index (Phi) is 7.24. The number of nitrogens with zero attached hydrogens (tertiary/aromatic N) is 1. The molecule has 26 heavy (non-hydrogen) atoms. The lowest BCUT2D eigenvalue weighted by atomic mass is 10.1. The fourth-order valence-corrected chi connectivity index (χ4v) is 3.08. The largest absolute Gasteiger partial charge is 0.326 e. The summed E-state index contributed by atoms with van der Waals surface area (Å²) < 4.78 is 0. The molecule has 0 aliphatic rings. The van der Waals surface area contributed by atoms with Gasteiger partial charge in [-0.25, -0.2) is 5.43 Å². The Morgan fingerprint density at radius 1 is 1.12 bits per heavy atom. The molecule has 7 heteroatoms. The molecule has 136 valence electrons. The molecule has 0 bridgehead atoms.